The van der Waals surface area contributed by atoms with Crippen LogP contribution in [-0.4, -0.2) is 17.8 Å². The smallest absolute Gasteiger partial charge is 0.206 e. The van der Waals surface area contributed by atoms with E-state index in [4.69, 9.17) is 0 Å². The van der Waals surface area contributed by atoms with E-state index in [0.29, 0.717) is 9.40 Å². The zero-order valence-electron chi connectivity index (χ0n) is 17.1. The first kappa shape index (κ1) is 21.5. The molecule has 3 aromatic heterocycles. The fraction of sp³-hybridized carbons (Fsp3) is 0.261. The van der Waals surface area contributed by atoms with Crippen LogP contribution >= 0.6 is 22.7 Å². The summed E-state index contributed by atoms with van der Waals surface area (Å²) in [5.41, 5.74) is -3.03. The molecule has 1 nitrogen and oxygen atoms in total. The number of fused-ring (bicyclic) bond motifs is 2. The molecule has 4 aromatic rings. The molecule has 0 spiro atoms. The van der Waals surface area contributed by atoms with Crippen molar-refractivity contribution in [2.45, 2.75) is 31.6 Å². The second kappa shape index (κ2) is 6.57. The molecule has 0 fully saturated rings. The minimum atomic E-state index is -5.57. The van der Waals surface area contributed by atoms with Gasteiger partial charge in [0.05, 0.1) is 4.70 Å². The third-order valence-corrected chi connectivity index (χ3v) is 8.03. The molecule has 0 saturated carbocycles. The molecule has 0 aliphatic heterocycles. The SMILES string of the molecule is Cc1sc2ccccc2c1C1=C(c2c(C)sc3c[n+](C)ccc23)C(F)(F)C(F)(F)C1(F)F. The van der Waals surface area contributed by atoms with Crippen LogP contribution in [0.2, 0.25) is 0 Å². The highest BCUT2D eigenvalue weighted by molar-refractivity contribution is 7.19. The molecule has 0 atom stereocenters. The number of pyridine rings is 1. The Morgan fingerprint density at radius 1 is 0.719 bits per heavy atom. The molecule has 1 aliphatic rings. The van der Waals surface area contributed by atoms with Gasteiger partial charge in [-0.15, -0.1) is 22.7 Å². The van der Waals surface area contributed by atoms with Gasteiger partial charge in [0.15, 0.2) is 12.4 Å². The summed E-state index contributed by atoms with van der Waals surface area (Å²) in [6.07, 6.45) is 3.23. The van der Waals surface area contributed by atoms with Crippen molar-refractivity contribution in [1.82, 2.24) is 0 Å². The summed E-state index contributed by atoms with van der Waals surface area (Å²) < 4.78 is 93.6. The van der Waals surface area contributed by atoms with Crippen molar-refractivity contribution < 1.29 is 30.9 Å². The first-order valence-electron chi connectivity index (χ1n) is 9.65. The van der Waals surface area contributed by atoms with Crippen molar-refractivity contribution >= 4 is 54.0 Å². The Morgan fingerprint density at radius 2 is 1.22 bits per heavy atom. The predicted octanol–water partition coefficient (Wildman–Crippen LogP) is 7.39. The average molecular weight is 485 g/mol. The molecule has 1 aromatic carbocycles. The van der Waals surface area contributed by atoms with Crippen LogP contribution < -0.4 is 4.57 Å². The minimum Gasteiger partial charge on any atom is -0.206 e. The normalized spacial score (nSPS) is 19.4. The van der Waals surface area contributed by atoms with E-state index >= 15 is 17.6 Å². The third-order valence-electron chi connectivity index (χ3n) is 5.89. The predicted molar refractivity (Wildman–Crippen MR) is 116 cm³/mol. The van der Waals surface area contributed by atoms with E-state index in [1.54, 1.807) is 42.2 Å². The van der Waals surface area contributed by atoms with E-state index in [1.165, 1.54) is 26.0 Å². The van der Waals surface area contributed by atoms with E-state index in [1.807, 2.05) is 0 Å². The van der Waals surface area contributed by atoms with Crippen LogP contribution in [0, 0.1) is 13.8 Å². The van der Waals surface area contributed by atoms with Gasteiger partial charge in [-0.2, -0.15) is 26.3 Å². The average Bonchev–Trinajstić information content (AvgIpc) is 3.22. The zero-order valence-corrected chi connectivity index (χ0v) is 18.7. The number of hydrogen-bond donors (Lipinski definition) is 0. The van der Waals surface area contributed by atoms with Gasteiger partial charge in [0, 0.05) is 53.6 Å². The highest BCUT2D eigenvalue weighted by Crippen LogP contribution is 2.66. The van der Waals surface area contributed by atoms with E-state index in [0.717, 1.165) is 22.7 Å². The minimum absolute atomic E-state index is 0.234. The Morgan fingerprint density at radius 3 is 1.81 bits per heavy atom. The summed E-state index contributed by atoms with van der Waals surface area (Å²) >= 11 is 2.23. The van der Waals surface area contributed by atoms with Gasteiger partial charge in [-0.05, 0) is 19.9 Å². The largest absolute Gasteiger partial charge is 0.380 e. The highest BCUT2D eigenvalue weighted by atomic mass is 32.1. The molecule has 0 unspecified atom stereocenters. The second-order valence-electron chi connectivity index (χ2n) is 7.92. The number of hydrogen-bond acceptors (Lipinski definition) is 2. The zero-order chi connectivity index (χ0) is 23.2. The summed E-state index contributed by atoms with van der Waals surface area (Å²) in [5.74, 6) is -15.7. The molecule has 0 bridgehead atoms. The van der Waals surface area contributed by atoms with E-state index < -0.39 is 28.9 Å². The van der Waals surface area contributed by atoms with E-state index in [-0.39, 0.29) is 31.7 Å². The number of aromatic nitrogens is 1. The van der Waals surface area contributed by atoms with Gasteiger partial charge in [0.25, 0.3) is 0 Å². The second-order valence-corrected chi connectivity index (χ2v) is 10.4. The number of aryl methyl sites for hydroxylation is 3. The van der Waals surface area contributed by atoms with Crippen LogP contribution in [0.1, 0.15) is 20.9 Å². The Labute approximate surface area is 187 Å². The molecule has 32 heavy (non-hydrogen) atoms. The van der Waals surface area contributed by atoms with Crippen molar-refractivity contribution in [1.29, 1.82) is 0 Å². The number of allylic oxidation sites excluding steroid dienone is 2. The lowest BCUT2D eigenvalue weighted by atomic mass is 9.92. The van der Waals surface area contributed by atoms with Crippen molar-refractivity contribution in [3.8, 4) is 0 Å². The number of alkyl halides is 6. The maximum absolute atomic E-state index is 15.3. The van der Waals surface area contributed by atoms with Crippen molar-refractivity contribution in [2.75, 3.05) is 0 Å². The molecular formula is C23H16F6NS2+. The monoisotopic (exact) mass is 484 g/mol. The van der Waals surface area contributed by atoms with Gasteiger partial charge >= 0.3 is 17.8 Å². The number of halogens is 6. The number of thiophene rings is 2. The van der Waals surface area contributed by atoms with Crippen LogP contribution in [-0.2, 0) is 7.05 Å². The Balaban J connectivity index is 1.99. The number of benzene rings is 1. The molecule has 1 aliphatic carbocycles. The van der Waals surface area contributed by atoms with Crippen molar-refractivity contribution in [3.05, 3.63) is 63.6 Å². The van der Waals surface area contributed by atoms with Crippen LogP contribution in [0.3, 0.4) is 0 Å². The van der Waals surface area contributed by atoms with Gasteiger partial charge in [-0.3, -0.25) is 0 Å². The molecule has 0 saturated heterocycles. The Bertz CT molecular complexity index is 1440. The molecule has 9 heteroatoms. The van der Waals surface area contributed by atoms with Crippen molar-refractivity contribution in [3.63, 3.8) is 0 Å². The summed E-state index contributed by atoms with van der Waals surface area (Å²) in [4.78, 5) is 0.569. The standard InChI is InChI=1S/C23H16F6NS2/c1-11-17(13-6-4-5-7-15(13)31-11)19-20(22(26,27)23(28,29)21(19,24)25)18-12(2)32-16-10-30(3)9-8-14(16)18/h4-10H,1-3H3/q+1. The topological polar surface area (TPSA) is 3.88 Å². The molecule has 3 heterocycles. The van der Waals surface area contributed by atoms with Crippen LogP contribution in [0.5, 0.6) is 0 Å². The van der Waals surface area contributed by atoms with E-state index in [2.05, 4.69) is 0 Å². The van der Waals surface area contributed by atoms with Crippen molar-refractivity contribution in [2.24, 2.45) is 7.05 Å². The lowest BCUT2D eigenvalue weighted by Gasteiger charge is -2.26. The fourth-order valence-corrected chi connectivity index (χ4v) is 6.66. The van der Waals surface area contributed by atoms with Gasteiger partial charge < -0.3 is 0 Å². The fourth-order valence-electron chi connectivity index (χ4n) is 4.44. The Kier molecular flexibility index (Phi) is 4.41. The number of rotatable bonds is 2. The van der Waals surface area contributed by atoms with Gasteiger partial charge in [0.2, 0.25) is 0 Å². The summed E-state index contributed by atoms with van der Waals surface area (Å²) in [5, 5.41) is 0.516. The maximum Gasteiger partial charge on any atom is 0.380 e. The lowest BCUT2D eigenvalue weighted by molar-refractivity contribution is -0.670. The van der Waals surface area contributed by atoms with Crippen LogP contribution in [0.25, 0.3) is 31.3 Å². The summed E-state index contributed by atoms with van der Waals surface area (Å²) in [6, 6.07) is 7.92. The number of nitrogens with zero attached hydrogens (tertiary/aromatic N) is 1. The molecule has 0 radical (unpaired) electrons. The summed E-state index contributed by atoms with van der Waals surface area (Å²) in [6.45, 7) is 2.99. The molecule has 5 rings (SSSR count). The first-order chi connectivity index (χ1) is 14.9. The quantitative estimate of drug-likeness (QED) is 0.206. The maximum atomic E-state index is 15.3. The summed E-state index contributed by atoms with van der Waals surface area (Å²) in [7, 11) is 1.73. The van der Waals surface area contributed by atoms with Gasteiger partial charge in [-0.25, -0.2) is 4.57 Å². The van der Waals surface area contributed by atoms with Crippen LogP contribution in [0.4, 0.5) is 26.3 Å². The van der Waals surface area contributed by atoms with Crippen LogP contribution in [0.15, 0.2) is 42.7 Å². The first-order valence-corrected chi connectivity index (χ1v) is 11.3. The molecule has 0 amide bonds. The highest BCUT2D eigenvalue weighted by Gasteiger charge is 2.80. The lowest BCUT2D eigenvalue weighted by Crippen LogP contribution is -2.49. The Hall–Kier alpha value is -2.39. The molecular weight excluding hydrogens is 468 g/mol. The third kappa shape index (κ3) is 2.55. The van der Waals surface area contributed by atoms with Gasteiger partial charge in [-0.1, -0.05) is 18.2 Å². The van der Waals surface area contributed by atoms with Gasteiger partial charge in [0.1, 0.15) is 7.05 Å². The molecule has 0 N–H and O–H groups in total. The van der Waals surface area contributed by atoms with E-state index in [9.17, 15) is 8.78 Å². The molecule has 166 valence electrons.